The number of hydrogen-bond donors (Lipinski definition) is 1. The molecule has 1 aromatic carbocycles. The Kier molecular flexibility index (Phi) is 4.75. The first-order chi connectivity index (χ1) is 11.5. The highest BCUT2D eigenvalue weighted by Gasteiger charge is 2.18. The average Bonchev–Trinajstić information content (AvgIpc) is 2.59. The van der Waals surface area contributed by atoms with Crippen LogP contribution >= 0.6 is 11.8 Å². The lowest BCUT2D eigenvalue weighted by Gasteiger charge is -2.17. The molecule has 1 aliphatic carbocycles. The van der Waals surface area contributed by atoms with Crippen LogP contribution in [0.3, 0.4) is 0 Å². The Bertz CT molecular complexity index is 863. The van der Waals surface area contributed by atoms with Gasteiger partial charge in [-0.3, -0.25) is 14.9 Å². The minimum atomic E-state index is -0.529. The second-order valence-electron chi connectivity index (χ2n) is 5.53. The number of nitro benzene ring substituents is 1. The van der Waals surface area contributed by atoms with Crippen molar-refractivity contribution in [3.8, 4) is 0 Å². The number of nitrogens with one attached hydrogen (secondary N) is 1. The summed E-state index contributed by atoms with van der Waals surface area (Å²) in [6.45, 7) is 0. The van der Waals surface area contributed by atoms with Crippen LogP contribution in [-0.4, -0.2) is 26.4 Å². The van der Waals surface area contributed by atoms with Crippen LogP contribution in [0.25, 0.3) is 0 Å². The maximum absolute atomic E-state index is 12.3. The van der Waals surface area contributed by atoms with Gasteiger partial charge in [0.15, 0.2) is 5.78 Å². The van der Waals surface area contributed by atoms with E-state index in [1.165, 1.54) is 30.0 Å². The molecule has 0 spiro atoms. The minimum Gasteiger partial charge on any atom is -0.309 e. The van der Waals surface area contributed by atoms with Crippen molar-refractivity contribution in [1.82, 2.24) is 9.97 Å². The second-order valence-corrected chi connectivity index (χ2v) is 6.49. The second kappa shape index (κ2) is 6.96. The molecule has 0 bridgehead atoms. The SMILES string of the molecule is O=C(CSc1nc(=O)[nH]c2c1CCCC2)c1cccc([N+](=O)[O-])c1. The maximum Gasteiger partial charge on any atom is 0.346 e. The van der Waals surface area contributed by atoms with Crippen LogP contribution in [-0.2, 0) is 12.8 Å². The molecule has 0 atom stereocenters. The van der Waals surface area contributed by atoms with Crippen molar-refractivity contribution in [2.45, 2.75) is 30.7 Å². The molecule has 1 heterocycles. The van der Waals surface area contributed by atoms with Crippen LogP contribution < -0.4 is 5.69 Å². The fourth-order valence-corrected chi connectivity index (χ4v) is 3.71. The van der Waals surface area contributed by atoms with Gasteiger partial charge in [-0.25, -0.2) is 4.79 Å². The molecule has 0 saturated heterocycles. The molecular formula is C16H15N3O4S. The molecule has 1 N–H and O–H groups in total. The molecule has 0 unspecified atom stereocenters. The third-order valence-electron chi connectivity index (χ3n) is 3.91. The zero-order valence-corrected chi connectivity index (χ0v) is 13.6. The lowest BCUT2D eigenvalue weighted by Crippen LogP contribution is -2.20. The zero-order chi connectivity index (χ0) is 17.1. The van der Waals surface area contributed by atoms with E-state index < -0.39 is 10.6 Å². The molecule has 0 aliphatic heterocycles. The van der Waals surface area contributed by atoms with Crippen molar-refractivity contribution in [2.24, 2.45) is 0 Å². The summed E-state index contributed by atoms with van der Waals surface area (Å²) in [4.78, 5) is 41.0. The first-order valence-corrected chi connectivity index (χ1v) is 8.55. The minimum absolute atomic E-state index is 0.0874. The number of nitro groups is 1. The van der Waals surface area contributed by atoms with Gasteiger partial charge in [-0.05, 0) is 25.7 Å². The largest absolute Gasteiger partial charge is 0.346 e. The number of aromatic amines is 1. The van der Waals surface area contributed by atoms with Crippen molar-refractivity contribution in [3.05, 3.63) is 61.7 Å². The van der Waals surface area contributed by atoms with Gasteiger partial charge < -0.3 is 4.98 Å². The molecule has 1 aliphatic rings. The third-order valence-corrected chi connectivity index (χ3v) is 4.92. The van der Waals surface area contributed by atoms with E-state index in [0.29, 0.717) is 5.03 Å². The third kappa shape index (κ3) is 3.53. The summed E-state index contributed by atoms with van der Waals surface area (Å²) in [5, 5.41) is 11.4. The van der Waals surface area contributed by atoms with Gasteiger partial charge >= 0.3 is 5.69 Å². The summed E-state index contributed by atoms with van der Waals surface area (Å²) >= 11 is 1.22. The van der Waals surface area contributed by atoms with E-state index in [2.05, 4.69) is 9.97 Å². The molecule has 7 nitrogen and oxygen atoms in total. The lowest BCUT2D eigenvalue weighted by molar-refractivity contribution is -0.384. The zero-order valence-electron chi connectivity index (χ0n) is 12.8. The van der Waals surface area contributed by atoms with E-state index in [-0.39, 0.29) is 22.8 Å². The number of aromatic nitrogens is 2. The van der Waals surface area contributed by atoms with Crippen molar-refractivity contribution in [2.75, 3.05) is 5.75 Å². The quantitative estimate of drug-likeness (QED) is 0.293. The molecule has 0 amide bonds. The fourth-order valence-electron chi connectivity index (χ4n) is 2.73. The van der Waals surface area contributed by atoms with Gasteiger partial charge in [0.05, 0.1) is 10.7 Å². The number of fused-ring (bicyclic) bond motifs is 1. The standard InChI is InChI=1S/C16H15N3O4S/c20-14(10-4-3-5-11(8-10)19(22)23)9-24-15-12-6-1-2-7-13(12)17-16(21)18-15/h3-5,8H,1-2,6-7,9H2,(H,17,18,21). The van der Waals surface area contributed by atoms with Gasteiger partial charge in [0.25, 0.3) is 5.69 Å². The van der Waals surface area contributed by atoms with Gasteiger partial charge in [-0.1, -0.05) is 23.9 Å². The molecule has 0 fully saturated rings. The Morgan fingerprint density at radius 1 is 1.33 bits per heavy atom. The Hall–Kier alpha value is -2.48. The number of benzene rings is 1. The van der Waals surface area contributed by atoms with Crippen LogP contribution in [0.4, 0.5) is 5.69 Å². The van der Waals surface area contributed by atoms with Crippen molar-refractivity contribution in [3.63, 3.8) is 0 Å². The number of H-pyrrole nitrogens is 1. The summed E-state index contributed by atoms with van der Waals surface area (Å²) in [7, 11) is 0. The fraction of sp³-hybridized carbons (Fsp3) is 0.312. The van der Waals surface area contributed by atoms with Crippen LogP contribution in [0.1, 0.15) is 34.5 Å². The summed E-state index contributed by atoms with van der Waals surface area (Å²) in [6.07, 6.45) is 3.72. The van der Waals surface area contributed by atoms with Crippen LogP contribution in [0, 0.1) is 10.1 Å². The summed E-state index contributed by atoms with van der Waals surface area (Å²) in [5.74, 6) is -0.139. The van der Waals surface area contributed by atoms with Crippen molar-refractivity contribution in [1.29, 1.82) is 0 Å². The molecule has 0 radical (unpaired) electrons. The van der Waals surface area contributed by atoms with Crippen molar-refractivity contribution >= 4 is 23.2 Å². The summed E-state index contributed by atoms with van der Waals surface area (Å²) in [6, 6.07) is 5.65. The topological polar surface area (TPSA) is 106 Å². The van der Waals surface area contributed by atoms with Gasteiger partial charge in [-0.15, -0.1) is 0 Å². The molecule has 1 aromatic heterocycles. The molecule has 2 aromatic rings. The maximum atomic E-state index is 12.3. The number of rotatable bonds is 5. The first-order valence-electron chi connectivity index (χ1n) is 7.57. The van der Waals surface area contributed by atoms with E-state index in [0.717, 1.165) is 36.9 Å². The average molecular weight is 345 g/mol. The number of carbonyl (C=O) groups is 1. The Balaban J connectivity index is 1.77. The predicted molar refractivity (Wildman–Crippen MR) is 89.7 cm³/mol. The number of carbonyl (C=O) groups excluding carboxylic acids is 1. The number of aryl methyl sites for hydroxylation is 1. The predicted octanol–water partition coefficient (Wildman–Crippen LogP) is 2.53. The normalized spacial score (nSPS) is 13.3. The van der Waals surface area contributed by atoms with E-state index in [1.807, 2.05) is 0 Å². The highest BCUT2D eigenvalue weighted by molar-refractivity contribution is 8.00. The van der Waals surface area contributed by atoms with Crippen LogP contribution in [0.15, 0.2) is 34.1 Å². The number of non-ortho nitro benzene ring substituents is 1. The number of ketones is 1. The van der Waals surface area contributed by atoms with E-state index >= 15 is 0 Å². The molecule has 24 heavy (non-hydrogen) atoms. The number of nitrogens with zero attached hydrogens (tertiary/aromatic N) is 2. The van der Waals surface area contributed by atoms with Crippen LogP contribution in [0.5, 0.6) is 0 Å². The molecule has 8 heteroatoms. The molecule has 3 rings (SSSR count). The Morgan fingerprint density at radius 3 is 2.92 bits per heavy atom. The number of thioether (sulfide) groups is 1. The molecular weight excluding hydrogens is 330 g/mol. The summed E-state index contributed by atoms with van der Waals surface area (Å²) in [5.41, 5.74) is 1.69. The van der Waals surface area contributed by atoms with Gasteiger partial charge in [0, 0.05) is 29.0 Å². The monoisotopic (exact) mass is 345 g/mol. The Labute approximate surface area is 141 Å². The molecule has 0 saturated carbocycles. The summed E-state index contributed by atoms with van der Waals surface area (Å²) < 4.78 is 0. The number of Topliss-reactive ketones (excluding diaryl/α,β-unsaturated/α-hetero) is 1. The van der Waals surface area contributed by atoms with E-state index in [4.69, 9.17) is 0 Å². The Morgan fingerprint density at radius 2 is 2.12 bits per heavy atom. The smallest absolute Gasteiger partial charge is 0.309 e. The van der Waals surface area contributed by atoms with Gasteiger partial charge in [0.2, 0.25) is 0 Å². The van der Waals surface area contributed by atoms with E-state index in [9.17, 15) is 19.7 Å². The lowest BCUT2D eigenvalue weighted by atomic mass is 9.98. The van der Waals surface area contributed by atoms with E-state index in [1.54, 1.807) is 6.07 Å². The highest BCUT2D eigenvalue weighted by atomic mass is 32.2. The van der Waals surface area contributed by atoms with Crippen molar-refractivity contribution < 1.29 is 9.72 Å². The van der Waals surface area contributed by atoms with Crippen LogP contribution in [0.2, 0.25) is 0 Å². The van der Waals surface area contributed by atoms with Gasteiger partial charge in [0.1, 0.15) is 5.03 Å². The highest BCUT2D eigenvalue weighted by Crippen LogP contribution is 2.27. The number of hydrogen-bond acceptors (Lipinski definition) is 6. The van der Waals surface area contributed by atoms with Gasteiger partial charge in [-0.2, -0.15) is 4.98 Å². The first kappa shape index (κ1) is 16.4. The molecule has 124 valence electrons.